The highest BCUT2D eigenvalue weighted by molar-refractivity contribution is 7.89. The topological polar surface area (TPSA) is 96.1 Å². The Morgan fingerprint density at radius 3 is 2.35 bits per heavy atom. The number of phenols is 1. The lowest BCUT2D eigenvalue weighted by Crippen LogP contribution is -2.48. The average molecular weight is 444 g/mol. The monoisotopic (exact) mass is 443 g/mol. The Bertz CT molecular complexity index is 1120. The van der Waals surface area contributed by atoms with E-state index in [1.165, 1.54) is 16.8 Å². The Morgan fingerprint density at radius 1 is 1.06 bits per heavy atom. The normalized spacial score (nSPS) is 15.4. The van der Waals surface area contributed by atoms with Crippen LogP contribution in [-0.2, 0) is 10.0 Å². The second-order valence-corrected chi connectivity index (χ2v) is 9.51. The van der Waals surface area contributed by atoms with Gasteiger partial charge in [-0.1, -0.05) is 0 Å². The minimum atomic E-state index is -3.58. The van der Waals surface area contributed by atoms with Crippen LogP contribution in [0.15, 0.2) is 64.2 Å². The Labute approximate surface area is 181 Å². The van der Waals surface area contributed by atoms with E-state index in [9.17, 15) is 13.5 Å². The minimum Gasteiger partial charge on any atom is -0.507 e. The van der Waals surface area contributed by atoms with Gasteiger partial charge in [-0.3, -0.25) is 0 Å². The molecule has 0 saturated carbocycles. The Balaban J connectivity index is 1.43. The molecule has 0 amide bonds. The molecule has 164 valence electrons. The van der Waals surface area contributed by atoms with Gasteiger partial charge in [0.2, 0.25) is 15.9 Å². The van der Waals surface area contributed by atoms with Crippen LogP contribution in [-0.4, -0.2) is 55.1 Å². The molecule has 0 unspecified atom stereocenters. The fourth-order valence-corrected chi connectivity index (χ4v) is 4.97. The van der Waals surface area contributed by atoms with Gasteiger partial charge in [-0.25, -0.2) is 13.4 Å². The molecule has 2 aromatic carbocycles. The number of rotatable bonds is 6. The van der Waals surface area contributed by atoms with E-state index in [0.717, 1.165) is 5.69 Å². The lowest BCUT2D eigenvalue weighted by atomic mass is 10.1. The van der Waals surface area contributed by atoms with Crippen molar-refractivity contribution in [2.75, 3.05) is 31.1 Å². The number of nitrogens with zero attached hydrogens (tertiary/aromatic N) is 3. The molecule has 0 bridgehead atoms. The van der Waals surface area contributed by atoms with Gasteiger partial charge in [0.15, 0.2) is 0 Å². The van der Waals surface area contributed by atoms with Crippen molar-refractivity contribution in [2.45, 2.75) is 24.8 Å². The quantitative estimate of drug-likeness (QED) is 0.624. The summed E-state index contributed by atoms with van der Waals surface area (Å²) in [5, 5.41) is 10.4. The maximum atomic E-state index is 13.0. The number of sulfonamides is 1. The Morgan fingerprint density at radius 2 is 1.77 bits per heavy atom. The molecular weight excluding hydrogens is 418 g/mol. The van der Waals surface area contributed by atoms with E-state index in [2.05, 4.69) is 4.98 Å². The summed E-state index contributed by atoms with van der Waals surface area (Å²) in [5.74, 6) is 1.07. The predicted molar refractivity (Wildman–Crippen MR) is 117 cm³/mol. The van der Waals surface area contributed by atoms with Crippen LogP contribution in [0.2, 0.25) is 0 Å². The van der Waals surface area contributed by atoms with Crippen LogP contribution in [0.4, 0.5) is 5.69 Å². The zero-order chi connectivity index (χ0) is 22.0. The summed E-state index contributed by atoms with van der Waals surface area (Å²) in [4.78, 5) is 6.35. The van der Waals surface area contributed by atoms with E-state index in [1.54, 1.807) is 36.4 Å². The van der Waals surface area contributed by atoms with E-state index in [-0.39, 0.29) is 16.7 Å². The van der Waals surface area contributed by atoms with Gasteiger partial charge >= 0.3 is 0 Å². The molecule has 2 heterocycles. The first kappa shape index (κ1) is 21.2. The summed E-state index contributed by atoms with van der Waals surface area (Å²) in [6, 6.07) is 11.8. The van der Waals surface area contributed by atoms with Crippen LogP contribution in [0, 0.1) is 0 Å². The van der Waals surface area contributed by atoms with E-state index in [0.29, 0.717) is 43.4 Å². The van der Waals surface area contributed by atoms with Crippen LogP contribution in [0.1, 0.15) is 13.8 Å². The summed E-state index contributed by atoms with van der Waals surface area (Å²) in [6.07, 6.45) is 3.00. The van der Waals surface area contributed by atoms with E-state index in [1.807, 2.05) is 24.8 Å². The summed E-state index contributed by atoms with van der Waals surface area (Å²) in [7, 11) is -3.58. The van der Waals surface area contributed by atoms with E-state index >= 15 is 0 Å². The molecule has 0 aliphatic carbocycles. The Kier molecular flexibility index (Phi) is 5.88. The van der Waals surface area contributed by atoms with Crippen LogP contribution >= 0.6 is 0 Å². The molecule has 1 aliphatic heterocycles. The van der Waals surface area contributed by atoms with Gasteiger partial charge in [-0.2, -0.15) is 4.31 Å². The van der Waals surface area contributed by atoms with Gasteiger partial charge in [0.25, 0.3) is 0 Å². The van der Waals surface area contributed by atoms with Crippen molar-refractivity contribution < 1.29 is 22.7 Å². The first-order valence-electron chi connectivity index (χ1n) is 10.1. The molecular formula is C22H25N3O5S. The van der Waals surface area contributed by atoms with Gasteiger partial charge in [-0.05, 0) is 50.2 Å². The molecule has 4 rings (SSSR count). The summed E-state index contributed by atoms with van der Waals surface area (Å²) >= 11 is 0. The number of piperazine rings is 1. The lowest BCUT2D eigenvalue weighted by Gasteiger charge is -2.35. The molecule has 31 heavy (non-hydrogen) atoms. The third-order valence-corrected chi connectivity index (χ3v) is 6.99. The number of anilines is 1. The van der Waals surface area contributed by atoms with Gasteiger partial charge in [0.1, 0.15) is 17.8 Å². The molecule has 8 nitrogen and oxygen atoms in total. The zero-order valence-electron chi connectivity index (χ0n) is 17.4. The second-order valence-electron chi connectivity index (χ2n) is 7.57. The molecule has 0 spiro atoms. The van der Waals surface area contributed by atoms with Crippen LogP contribution < -0.4 is 9.64 Å². The second kappa shape index (κ2) is 8.60. The van der Waals surface area contributed by atoms with Crippen LogP contribution in [0.5, 0.6) is 11.5 Å². The Hall–Kier alpha value is -3.04. The molecule has 1 aliphatic rings. The number of hydrogen-bond acceptors (Lipinski definition) is 7. The van der Waals surface area contributed by atoms with Gasteiger partial charge in [0.05, 0.1) is 22.8 Å². The highest BCUT2D eigenvalue weighted by Gasteiger charge is 2.29. The molecule has 1 saturated heterocycles. The van der Waals surface area contributed by atoms with Crippen molar-refractivity contribution in [1.82, 2.24) is 9.29 Å². The number of oxazole rings is 1. The third kappa shape index (κ3) is 4.52. The van der Waals surface area contributed by atoms with Gasteiger partial charge in [0, 0.05) is 37.9 Å². The van der Waals surface area contributed by atoms with Crippen molar-refractivity contribution in [3.05, 3.63) is 54.9 Å². The summed E-state index contributed by atoms with van der Waals surface area (Å²) in [6.45, 7) is 5.59. The maximum absolute atomic E-state index is 13.0. The molecule has 1 aromatic heterocycles. The summed E-state index contributed by atoms with van der Waals surface area (Å²) in [5.41, 5.74) is 1.33. The van der Waals surface area contributed by atoms with Crippen molar-refractivity contribution in [1.29, 1.82) is 0 Å². The van der Waals surface area contributed by atoms with Crippen LogP contribution in [0.25, 0.3) is 11.5 Å². The van der Waals surface area contributed by atoms with Gasteiger partial charge in [-0.15, -0.1) is 0 Å². The van der Waals surface area contributed by atoms with Crippen molar-refractivity contribution in [2.24, 2.45) is 0 Å². The van der Waals surface area contributed by atoms with Gasteiger partial charge < -0.3 is 19.2 Å². The minimum absolute atomic E-state index is 0.0272. The van der Waals surface area contributed by atoms with Crippen molar-refractivity contribution in [3.8, 4) is 23.0 Å². The number of hydrogen-bond donors (Lipinski definition) is 1. The average Bonchev–Trinajstić information content (AvgIpc) is 3.28. The van der Waals surface area contributed by atoms with Crippen LogP contribution in [0.3, 0.4) is 0 Å². The first-order chi connectivity index (χ1) is 14.8. The fourth-order valence-electron chi connectivity index (χ4n) is 3.55. The number of aromatic nitrogens is 1. The fraction of sp³-hybridized carbons (Fsp3) is 0.318. The highest BCUT2D eigenvalue weighted by atomic mass is 32.2. The first-order valence-corrected chi connectivity index (χ1v) is 11.5. The predicted octanol–water partition coefficient (Wildman–Crippen LogP) is 3.35. The number of ether oxygens (including phenoxy) is 1. The molecule has 9 heteroatoms. The SMILES string of the molecule is CC(C)Oc1ccc(S(=O)(=O)N2CCN(c3ccc(-c4ncco4)c(O)c3)CC2)cc1. The van der Waals surface area contributed by atoms with E-state index in [4.69, 9.17) is 9.15 Å². The van der Waals surface area contributed by atoms with Crippen molar-refractivity contribution >= 4 is 15.7 Å². The lowest BCUT2D eigenvalue weighted by molar-refractivity contribution is 0.242. The highest BCUT2D eigenvalue weighted by Crippen LogP contribution is 2.32. The number of aromatic hydroxyl groups is 1. The smallest absolute Gasteiger partial charge is 0.243 e. The molecule has 1 N–H and O–H groups in total. The maximum Gasteiger partial charge on any atom is 0.243 e. The molecule has 0 atom stereocenters. The van der Waals surface area contributed by atoms with E-state index < -0.39 is 10.0 Å². The molecule has 0 radical (unpaired) electrons. The third-order valence-electron chi connectivity index (χ3n) is 5.08. The standard InChI is InChI=1S/C22H25N3O5S/c1-16(2)30-18-4-6-19(7-5-18)31(27,28)25-12-10-24(11-13-25)17-3-8-20(21(26)15-17)22-23-9-14-29-22/h3-9,14-16,26H,10-13H2,1-2H3. The molecule has 3 aromatic rings. The number of phenolic OH excluding ortho intramolecular Hbond substituents is 1. The van der Waals surface area contributed by atoms with Crippen molar-refractivity contribution in [3.63, 3.8) is 0 Å². The summed E-state index contributed by atoms with van der Waals surface area (Å²) < 4.78 is 38.3. The molecule has 1 fully saturated rings. The zero-order valence-corrected chi connectivity index (χ0v) is 18.2. The number of benzene rings is 2. The largest absolute Gasteiger partial charge is 0.507 e.